The van der Waals surface area contributed by atoms with Crippen LogP contribution in [-0.2, 0) is 19.8 Å². The van der Waals surface area contributed by atoms with E-state index in [4.69, 9.17) is 9.47 Å². The summed E-state index contributed by atoms with van der Waals surface area (Å²) in [5.41, 5.74) is -0.597. The second-order valence-corrected chi connectivity index (χ2v) is 5.30. The van der Waals surface area contributed by atoms with Crippen molar-refractivity contribution in [1.82, 2.24) is 10.0 Å². The van der Waals surface area contributed by atoms with Gasteiger partial charge in [0.05, 0.1) is 13.2 Å². The fraction of sp³-hybridized carbons (Fsp3) is 0.471. The highest BCUT2D eigenvalue weighted by Crippen LogP contribution is 2.45. The van der Waals surface area contributed by atoms with E-state index >= 15 is 0 Å². The highest BCUT2D eigenvalue weighted by atomic mass is 16.6. The molecule has 1 saturated heterocycles. The lowest BCUT2D eigenvalue weighted by molar-refractivity contribution is -0.203. The van der Waals surface area contributed by atoms with E-state index in [9.17, 15) is 14.4 Å². The fourth-order valence-electron chi connectivity index (χ4n) is 2.93. The molecule has 7 nitrogen and oxygen atoms in total. The van der Waals surface area contributed by atoms with Crippen LogP contribution in [0.25, 0.3) is 0 Å². The van der Waals surface area contributed by atoms with Crippen molar-refractivity contribution in [3.8, 4) is 0 Å². The summed E-state index contributed by atoms with van der Waals surface area (Å²) >= 11 is 0. The maximum atomic E-state index is 12.9. The molecule has 0 spiro atoms. The number of ether oxygens (including phenoxy) is 2. The molecule has 0 saturated carbocycles. The van der Waals surface area contributed by atoms with Gasteiger partial charge in [0.1, 0.15) is 0 Å². The molecule has 3 amide bonds. The molecule has 1 fully saturated rings. The number of amides is 3. The number of rotatable bonds is 5. The molecule has 1 aliphatic heterocycles. The molecule has 0 unspecified atom stereocenters. The maximum Gasteiger partial charge on any atom is 0.436 e. The number of carbonyl (C=O) groups excluding carboxylic acids is 3. The molecule has 0 N–H and O–H groups in total. The Hall–Kier alpha value is -2.57. The number of benzene rings is 1. The van der Waals surface area contributed by atoms with Crippen molar-refractivity contribution in [2.45, 2.75) is 39.2 Å². The third kappa shape index (κ3) is 2.70. The second-order valence-electron chi connectivity index (χ2n) is 5.30. The predicted octanol–water partition coefficient (Wildman–Crippen LogP) is 3.05. The van der Waals surface area contributed by atoms with Gasteiger partial charge in [0.25, 0.3) is 5.91 Å². The maximum absolute atomic E-state index is 12.9. The molecule has 1 aromatic carbocycles. The third-order valence-corrected chi connectivity index (χ3v) is 3.85. The topological polar surface area (TPSA) is 76.2 Å². The van der Waals surface area contributed by atoms with Gasteiger partial charge in [-0.05, 0) is 25.8 Å². The first-order valence-corrected chi connectivity index (χ1v) is 8.08. The molecule has 130 valence electrons. The van der Waals surface area contributed by atoms with Crippen molar-refractivity contribution in [2.75, 3.05) is 13.2 Å². The first-order chi connectivity index (χ1) is 11.5. The lowest BCUT2D eigenvalue weighted by Gasteiger charge is -2.55. The summed E-state index contributed by atoms with van der Waals surface area (Å²) < 4.78 is 9.96. The van der Waals surface area contributed by atoms with Gasteiger partial charge in [-0.3, -0.25) is 4.79 Å². The monoisotopic (exact) mass is 334 g/mol. The molecule has 7 heteroatoms. The van der Waals surface area contributed by atoms with E-state index in [2.05, 4.69) is 0 Å². The largest absolute Gasteiger partial charge is 0.448 e. The average molecular weight is 334 g/mol. The van der Waals surface area contributed by atoms with Crippen LogP contribution in [0.5, 0.6) is 0 Å². The molecule has 0 aromatic heterocycles. The van der Waals surface area contributed by atoms with Crippen molar-refractivity contribution >= 4 is 18.1 Å². The summed E-state index contributed by atoms with van der Waals surface area (Å²) in [7, 11) is 0. The smallest absolute Gasteiger partial charge is 0.436 e. The van der Waals surface area contributed by atoms with Gasteiger partial charge in [-0.15, -0.1) is 5.01 Å². The number of carbonyl (C=O) groups is 3. The summed E-state index contributed by atoms with van der Waals surface area (Å²) in [6, 6.07) is 8.93. The zero-order valence-electron chi connectivity index (χ0n) is 14.2. The fourth-order valence-corrected chi connectivity index (χ4v) is 2.93. The molecule has 0 aliphatic carbocycles. The van der Waals surface area contributed by atoms with Gasteiger partial charge >= 0.3 is 12.2 Å². The molecule has 24 heavy (non-hydrogen) atoms. The van der Waals surface area contributed by atoms with E-state index in [-0.39, 0.29) is 13.2 Å². The van der Waals surface area contributed by atoms with E-state index < -0.39 is 23.6 Å². The Morgan fingerprint density at radius 2 is 1.58 bits per heavy atom. The van der Waals surface area contributed by atoms with E-state index in [0.717, 1.165) is 10.0 Å². The molecular formula is C17H22N2O5. The van der Waals surface area contributed by atoms with E-state index in [0.29, 0.717) is 18.4 Å². The molecule has 0 bridgehead atoms. The summed E-state index contributed by atoms with van der Waals surface area (Å²) in [6.07, 6.45) is -0.599. The van der Waals surface area contributed by atoms with Crippen LogP contribution in [0.2, 0.25) is 0 Å². The molecule has 1 aromatic rings. The standard InChI is InChI=1S/C17H22N2O5/c1-4-12-17(13-10-8-7-9-11-13)14(20)18(15(21)23-5-2)19(17)16(22)24-6-3/h7-11H,4-6,12H2,1-3H3/t17-/m1/s1. The predicted molar refractivity (Wildman–Crippen MR) is 85.8 cm³/mol. The second kappa shape index (κ2) is 7.33. The van der Waals surface area contributed by atoms with Crippen molar-refractivity contribution in [2.24, 2.45) is 0 Å². The lowest BCUT2D eigenvalue weighted by atomic mass is 9.80. The van der Waals surface area contributed by atoms with Gasteiger partial charge in [0, 0.05) is 0 Å². The minimum atomic E-state index is -1.24. The van der Waals surface area contributed by atoms with Crippen molar-refractivity contribution in [3.63, 3.8) is 0 Å². The van der Waals surface area contributed by atoms with E-state index in [1.807, 2.05) is 13.0 Å². The van der Waals surface area contributed by atoms with E-state index in [1.165, 1.54) is 0 Å². The minimum absolute atomic E-state index is 0.103. The summed E-state index contributed by atoms with van der Waals surface area (Å²) in [5, 5.41) is 1.81. The number of nitrogens with zero attached hydrogens (tertiary/aromatic N) is 2. The first-order valence-electron chi connectivity index (χ1n) is 8.08. The summed E-state index contributed by atoms with van der Waals surface area (Å²) in [4.78, 5) is 37.5. The Balaban J connectivity index is 2.49. The van der Waals surface area contributed by atoms with Crippen molar-refractivity contribution < 1.29 is 23.9 Å². The molecule has 0 radical (unpaired) electrons. The number of imide groups is 1. The molecular weight excluding hydrogens is 312 g/mol. The van der Waals surface area contributed by atoms with Crippen LogP contribution in [-0.4, -0.2) is 41.3 Å². The van der Waals surface area contributed by atoms with Crippen molar-refractivity contribution in [3.05, 3.63) is 35.9 Å². The Morgan fingerprint density at radius 1 is 1.00 bits per heavy atom. The number of hydrogen-bond acceptors (Lipinski definition) is 5. The van der Waals surface area contributed by atoms with Gasteiger partial charge < -0.3 is 9.47 Å². The lowest BCUT2D eigenvalue weighted by Crippen LogP contribution is -2.78. The third-order valence-electron chi connectivity index (χ3n) is 3.85. The van der Waals surface area contributed by atoms with Gasteiger partial charge in [-0.25, -0.2) is 9.59 Å². The van der Waals surface area contributed by atoms with Crippen LogP contribution in [0.3, 0.4) is 0 Å². The number of hydrazine groups is 1. The molecule has 2 rings (SSSR count). The Morgan fingerprint density at radius 3 is 2.12 bits per heavy atom. The Labute approximate surface area is 141 Å². The van der Waals surface area contributed by atoms with Crippen LogP contribution < -0.4 is 0 Å². The van der Waals surface area contributed by atoms with Gasteiger partial charge in [-0.2, -0.15) is 5.01 Å². The quantitative estimate of drug-likeness (QED) is 0.827. The molecule has 1 aliphatic rings. The van der Waals surface area contributed by atoms with Gasteiger partial charge in [0.2, 0.25) is 0 Å². The normalized spacial score (nSPS) is 19.7. The van der Waals surface area contributed by atoms with Crippen LogP contribution in [0, 0.1) is 0 Å². The zero-order valence-corrected chi connectivity index (χ0v) is 14.2. The zero-order chi connectivity index (χ0) is 17.7. The molecule has 1 atom stereocenters. The van der Waals surface area contributed by atoms with Crippen LogP contribution >= 0.6 is 0 Å². The van der Waals surface area contributed by atoms with Gasteiger partial charge in [0.15, 0.2) is 5.54 Å². The summed E-state index contributed by atoms with van der Waals surface area (Å²) in [5.74, 6) is -0.484. The average Bonchev–Trinajstić information content (AvgIpc) is 2.58. The Bertz CT molecular complexity index is 619. The van der Waals surface area contributed by atoms with Crippen molar-refractivity contribution in [1.29, 1.82) is 0 Å². The number of hydrogen-bond donors (Lipinski definition) is 0. The highest BCUT2D eigenvalue weighted by molar-refractivity contribution is 6.06. The van der Waals surface area contributed by atoms with Gasteiger partial charge in [-0.1, -0.05) is 43.7 Å². The SMILES string of the molecule is CCC[C@@]1(c2ccccc2)C(=O)N(C(=O)OCC)N1C(=O)OCC. The summed E-state index contributed by atoms with van der Waals surface area (Å²) in [6.45, 7) is 5.45. The Kier molecular flexibility index (Phi) is 5.43. The van der Waals surface area contributed by atoms with Crippen LogP contribution in [0.1, 0.15) is 39.2 Å². The van der Waals surface area contributed by atoms with Crippen LogP contribution in [0.15, 0.2) is 30.3 Å². The minimum Gasteiger partial charge on any atom is -0.448 e. The van der Waals surface area contributed by atoms with Crippen LogP contribution in [0.4, 0.5) is 9.59 Å². The van der Waals surface area contributed by atoms with E-state index in [1.54, 1.807) is 38.1 Å². The first kappa shape index (κ1) is 17.8. The molecule has 1 heterocycles. The highest BCUT2D eigenvalue weighted by Gasteiger charge is 2.65.